The van der Waals surface area contributed by atoms with E-state index in [4.69, 9.17) is 14.2 Å². The number of carbonyl (C=O) groups excluding carboxylic acids is 1. The van der Waals surface area contributed by atoms with Gasteiger partial charge in [-0.05, 0) is 40.3 Å². The van der Waals surface area contributed by atoms with Crippen LogP contribution in [0.4, 0.5) is 0 Å². The number of hydrogen-bond acceptors (Lipinski definition) is 6. The topological polar surface area (TPSA) is 82.1 Å². The van der Waals surface area contributed by atoms with E-state index >= 15 is 0 Å². The van der Waals surface area contributed by atoms with E-state index in [0.29, 0.717) is 19.2 Å². The first kappa shape index (κ1) is 21.4. The molecular formula is C21H19IO6S. The molecule has 1 unspecified atom stereocenters. The lowest BCUT2D eigenvalue weighted by atomic mass is 10.1. The number of phenols is 1. The van der Waals surface area contributed by atoms with Crippen LogP contribution in [0.5, 0.6) is 23.0 Å². The smallest absolute Gasteiger partial charge is 0.308 e. The largest absolute Gasteiger partial charge is 0.504 e. The highest BCUT2D eigenvalue weighted by Crippen LogP contribution is 2.52. The molecular weight excluding hydrogens is 507 g/mol. The maximum Gasteiger partial charge on any atom is 0.308 e. The Balaban J connectivity index is 2.34. The maximum atomic E-state index is 13.4. The van der Waals surface area contributed by atoms with Crippen molar-refractivity contribution in [3.8, 4) is 23.0 Å². The highest BCUT2D eigenvalue weighted by molar-refractivity contribution is 14.1. The minimum atomic E-state index is -1.48. The van der Waals surface area contributed by atoms with Crippen molar-refractivity contribution in [2.45, 2.75) is 17.6 Å². The molecule has 1 N–H and O–H groups in total. The van der Waals surface area contributed by atoms with Crippen molar-refractivity contribution in [3.05, 3.63) is 51.6 Å². The molecule has 1 atom stereocenters. The number of fused-ring (bicyclic) bond motifs is 1. The molecule has 0 radical (unpaired) electrons. The van der Waals surface area contributed by atoms with Gasteiger partial charge in [-0.2, -0.15) is 0 Å². The predicted molar refractivity (Wildman–Crippen MR) is 119 cm³/mol. The third-order valence-corrected chi connectivity index (χ3v) is 6.98. The van der Waals surface area contributed by atoms with Gasteiger partial charge in [0.2, 0.25) is 11.5 Å². The fraction of sp³-hybridized carbons (Fsp3) is 0.190. The zero-order valence-electron chi connectivity index (χ0n) is 16.0. The fourth-order valence-electron chi connectivity index (χ4n) is 3.06. The van der Waals surface area contributed by atoms with Gasteiger partial charge in [-0.3, -0.25) is 9.00 Å². The molecule has 0 aromatic heterocycles. The summed E-state index contributed by atoms with van der Waals surface area (Å²) in [5.74, 6) is -0.310. The standard InChI is InChI=1S/C21H19IO6S/c1-12(23)28-18-16-14(17(24)19(26-2)20(18)27-3)9-10-15(22)21(16)29(25)11-13-7-5-4-6-8-13/h4-10,24H,11H2,1-3H3. The van der Waals surface area contributed by atoms with Gasteiger partial charge in [0, 0.05) is 21.3 Å². The number of methoxy groups -OCH3 is 2. The SMILES string of the molecule is COc1c(OC)c(OC(C)=O)c2c(S(=O)Cc3ccccc3)c(I)ccc2c1O. The number of aromatic hydroxyl groups is 1. The number of hydrogen-bond donors (Lipinski definition) is 1. The van der Waals surface area contributed by atoms with E-state index < -0.39 is 16.8 Å². The minimum absolute atomic E-state index is 0.0391. The van der Waals surface area contributed by atoms with E-state index in [1.165, 1.54) is 21.1 Å². The first-order chi connectivity index (χ1) is 13.9. The van der Waals surface area contributed by atoms with Gasteiger partial charge in [-0.15, -0.1) is 0 Å². The van der Waals surface area contributed by atoms with Crippen LogP contribution in [-0.2, 0) is 21.3 Å². The highest BCUT2D eigenvalue weighted by atomic mass is 127. The second-order valence-corrected chi connectivity index (χ2v) is 8.66. The van der Waals surface area contributed by atoms with Crippen molar-refractivity contribution in [2.75, 3.05) is 14.2 Å². The van der Waals surface area contributed by atoms with Gasteiger partial charge in [-0.1, -0.05) is 30.3 Å². The quantitative estimate of drug-likeness (QED) is 0.292. The summed E-state index contributed by atoms with van der Waals surface area (Å²) in [6.07, 6.45) is 0. The number of ether oxygens (including phenoxy) is 3. The number of rotatable bonds is 6. The molecule has 0 fully saturated rings. The van der Waals surface area contributed by atoms with Gasteiger partial charge in [0.15, 0.2) is 11.5 Å². The van der Waals surface area contributed by atoms with Gasteiger partial charge in [0.05, 0.1) is 35.7 Å². The number of halogens is 1. The number of phenolic OH excluding ortho intramolecular Hbond substituents is 1. The number of carbonyl (C=O) groups is 1. The zero-order chi connectivity index (χ0) is 21.1. The van der Waals surface area contributed by atoms with Crippen LogP contribution in [0.3, 0.4) is 0 Å². The first-order valence-corrected chi connectivity index (χ1v) is 11.0. The van der Waals surface area contributed by atoms with E-state index in [9.17, 15) is 14.1 Å². The Bertz CT molecular complexity index is 1100. The molecule has 0 saturated carbocycles. The van der Waals surface area contributed by atoms with E-state index in [0.717, 1.165) is 5.56 Å². The summed E-state index contributed by atoms with van der Waals surface area (Å²) in [7, 11) is 1.28. The van der Waals surface area contributed by atoms with Crippen molar-refractivity contribution in [1.29, 1.82) is 0 Å². The molecule has 3 aromatic rings. The van der Waals surface area contributed by atoms with Crippen LogP contribution in [0, 0.1) is 3.57 Å². The highest BCUT2D eigenvalue weighted by Gasteiger charge is 2.28. The second-order valence-electron chi connectivity index (χ2n) is 6.11. The van der Waals surface area contributed by atoms with Crippen molar-refractivity contribution < 1.29 is 28.3 Å². The van der Waals surface area contributed by atoms with Crippen molar-refractivity contribution in [1.82, 2.24) is 0 Å². The molecule has 0 aliphatic rings. The van der Waals surface area contributed by atoms with Gasteiger partial charge < -0.3 is 19.3 Å². The van der Waals surface area contributed by atoms with Crippen LogP contribution in [0.25, 0.3) is 10.8 Å². The molecule has 0 saturated heterocycles. The van der Waals surface area contributed by atoms with Crippen LogP contribution in [0.15, 0.2) is 47.4 Å². The molecule has 152 valence electrons. The van der Waals surface area contributed by atoms with E-state index in [1.807, 2.05) is 30.3 Å². The average molecular weight is 526 g/mol. The Morgan fingerprint density at radius 2 is 1.69 bits per heavy atom. The van der Waals surface area contributed by atoms with Crippen molar-refractivity contribution >= 4 is 50.1 Å². The Morgan fingerprint density at radius 3 is 2.28 bits per heavy atom. The second kappa shape index (κ2) is 9.00. The summed E-state index contributed by atoms with van der Waals surface area (Å²) in [4.78, 5) is 12.3. The van der Waals surface area contributed by atoms with Gasteiger partial charge in [-0.25, -0.2) is 0 Å². The summed E-state index contributed by atoms with van der Waals surface area (Å²) in [5, 5.41) is 11.5. The molecule has 3 rings (SSSR count). The lowest BCUT2D eigenvalue weighted by Crippen LogP contribution is -2.08. The normalized spacial score (nSPS) is 11.9. The molecule has 3 aromatic carbocycles. The molecule has 0 aliphatic heterocycles. The van der Waals surface area contributed by atoms with Gasteiger partial charge in [0.25, 0.3) is 0 Å². The molecule has 0 aliphatic carbocycles. The van der Waals surface area contributed by atoms with Crippen LogP contribution in [-0.4, -0.2) is 29.5 Å². The van der Waals surface area contributed by atoms with Crippen molar-refractivity contribution in [2.24, 2.45) is 0 Å². The zero-order valence-corrected chi connectivity index (χ0v) is 19.0. The van der Waals surface area contributed by atoms with Crippen LogP contribution in [0.2, 0.25) is 0 Å². The Kier molecular flexibility index (Phi) is 6.63. The third kappa shape index (κ3) is 4.18. The number of esters is 1. The average Bonchev–Trinajstić information content (AvgIpc) is 2.69. The maximum absolute atomic E-state index is 13.4. The summed E-state index contributed by atoms with van der Waals surface area (Å²) < 4.78 is 30.2. The van der Waals surface area contributed by atoms with Crippen LogP contribution in [0.1, 0.15) is 12.5 Å². The van der Waals surface area contributed by atoms with Gasteiger partial charge in [0.1, 0.15) is 0 Å². The summed E-state index contributed by atoms with van der Waals surface area (Å²) in [6, 6.07) is 12.9. The molecule has 0 heterocycles. The summed E-state index contributed by atoms with van der Waals surface area (Å²) in [5.41, 5.74) is 0.900. The summed E-state index contributed by atoms with van der Waals surface area (Å²) >= 11 is 2.08. The molecule has 0 bridgehead atoms. The van der Waals surface area contributed by atoms with E-state index in [1.54, 1.807) is 12.1 Å². The minimum Gasteiger partial charge on any atom is -0.504 e. The van der Waals surface area contributed by atoms with E-state index in [-0.39, 0.29) is 28.8 Å². The Labute approximate surface area is 184 Å². The fourth-order valence-corrected chi connectivity index (χ4v) is 5.60. The number of benzene rings is 3. The summed E-state index contributed by atoms with van der Waals surface area (Å²) in [6.45, 7) is 1.26. The Hall–Kier alpha value is -2.33. The predicted octanol–water partition coefficient (Wildman–Crippen LogP) is 4.40. The van der Waals surface area contributed by atoms with Gasteiger partial charge >= 0.3 is 5.97 Å². The molecule has 0 spiro atoms. The monoisotopic (exact) mass is 526 g/mol. The lowest BCUT2D eigenvalue weighted by Gasteiger charge is -2.19. The molecule has 8 heteroatoms. The molecule has 29 heavy (non-hydrogen) atoms. The third-order valence-electron chi connectivity index (χ3n) is 4.24. The van der Waals surface area contributed by atoms with Crippen molar-refractivity contribution in [3.63, 3.8) is 0 Å². The Morgan fingerprint density at radius 1 is 1.03 bits per heavy atom. The molecule has 0 amide bonds. The first-order valence-electron chi connectivity index (χ1n) is 8.58. The van der Waals surface area contributed by atoms with Crippen LogP contribution >= 0.6 is 22.6 Å². The van der Waals surface area contributed by atoms with E-state index in [2.05, 4.69) is 22.6 Å². The lowest BCUT2D eigenvalue weighted by molar-refractivity contribution is -0.131. The molecule has 6 nitrogen and oxygen atoms in total. The van der Waals surface area contributed by atoms with Crippen LogP contribution < -0.4 is 14.2 Å².